The molecule has 0 atom stereocenters. The molecule has 6 nitrogen and oxygen atoms in total. The van der Waals surface area contributed by atoms with Crippen molar-refractivity contribution in [3.8, 4) is 22.8 Å². The van der Waals surface area contributed by atoms with Gasteiger partial charge in [0.2, 0.25) is 11.6 Å². The summed E-state index contributed by atoms with van der Waals surface area (Å²) in [4.78, 5) is 8.13. The average Bonchev–Trinajstić information content (AvgIpc) is 3.10. The number of nitrogens with zero attached hydrogens (tertiary/aromatic N) is 5. The summed E-state index contributed by atoms with van der Waals surface area (Å²) in [7, 11) is 1.80. The summed E-state index contributed by atoms with van der Waals surface area (Å²) in [5, 5.41) is 8.11. The molecule has 0 bridgehead atoms. The Bertz CT molecular complexity index is 629. The summed E-state index contributed by atoms with van der Waals surface area (Å²) in [6, 6.07) is 5.57. The van der Waals surface area contributed by atoms with Crippen molar-refractivity contribution in [2.24, 2.45) is 7.05 Å². The lowest BCUT2D eigenvalue weighted by atomic mass is 10.2. The molecule has 3 aromatic heterocycles. The topological polar surface area (TPSA) is 69.6 Å². The van der Waals surface area contributed by atoms with E-state index < -0.39 is 0 Å². The van der Waals surface area contributed by atoms with Gasteiger partial charge in [-0.2, -0.15) is 0 Å². The molecule has 3 aromatic rings. The fourth-order valence-corrected chi connectivity index (χ4v) is 1.48. The maximum Gasteiger partial charge on any atom is 0.219 e. The van der Waals surface area contributed by atoms with Crippen LogP contribution in [-0.2, 0) is 7.05 Å². The molecule has 0 unspecified atom stereocenters. The molecule has 3 rings (SSSR count). The minimum absolute atomic E-state index is 0.523. The summed E-state index contributed by atoms with van der Waals surface area (Å²) in [5.74, 6) is 1.07. The normalized spacial score (nSPS) is 9.84. The van der Waals surface area contributed by atoms with E-state index in [-0.39, 0.29) is 0 Å². The maximum absolute atomic E-state index is 5.20. The Balaban J connectivity index is 0.000000637. The molecule has 0 fully saturated rings. The van der Waals surface area contributed by atoms with Crippen LogP contribution in [0.2, 0.25) is 0 Å². The lowest BCUT2D eigenvalue weighted by molar-refractivity contribution is 0.432. The zero-order valence-corrected chi connectivity index (χ0v) is 11.1. The summed E-state index contributed by atoms with van der Waals surface area (Å²) in [5.41, 5.74) is 1.62. The number of aromatic nitrogens is 5. The van der Waals surface area contributed by atoms with Crippen LogP contribution in [0, 0.1) is 0 Å². The van der Waals surface area contributed by atoms with Crippen LogP contribution in [0.3, 0.4) is 0 Å². The standard InChI is InChI=1S/C11H9N5O.C2H6/c1-16-7-13-11(14-16)10-5-9(15-17-10)8-3-2-4-12-6-8;1-2/h2-7H,1H3;1-2H3. The summed E-state index contributed by atoms with van der Waals surface area (Å²) in [6.45, 7) is 4.00. The molecule has 0 aliphatic rings. The van der Waals surface area contributed by atoms with E-state index >= 15 is 0 Å². The van der Waals surface area contributed by atoms with E-state index in [1.807, 2.05) is 26.0 Å². The lowest BCUT2D eigenvalue weighted by Crippen LogP contribution is -1.86. The van der Waals surface area contributed by atoms with Crippen molar-refractivity contribution in [3.05, 3.63) is 36.9 Å². The Hall–Kier alpha value is -2.50. The number of pyridine rings is 1. The van der Waals surface area contributed by atoms with Crippen LogP contribution in [0.4, 0.5) is 0 Å². The third-order valence-corrected chi connectivity index (χ3v) is 2.29. The van der Waals surface area contributed by atoms with Gasteiger partial charge in [0.15, 0.2) is 0 Å². The number of hydrogen-bond acceptors (Lipinski definition) is 5. The molecule has 98 valence electrons. The molecular weight excluding hydrogens is 242 g/mol. The highest BCUT2D eigenvalue weighted by Crippen LogP contribution is 2.22. The second kappa shape index (κ2) is 5.90. The van der Waals surface area contributed by atoms with Crippen LogP contribution >= 0.6 is 0 Å². The molecule has 0 saturated carbocycles. The van der Waals surface area contributed by atoms with Crippen molar-refractivity contribution in [1.29, 1.82) is 0 Å². The predicted molar refractivity (Wildman–Crippen MR) is 71.1 cm³/mol. The van der Waals surface area contributed by atoms with Crippen molar-refractivity contribution >= 4 is 0 Å². The van der Waals surface area contributed by atoms with E-state index in [0.29, 0.717) is 11.6 Å². The first-order chi connectivity index (χ1) is 9.33. The first-order valence-corrected chi connectivity index (χ1v) is 6.06. The van der Waals surface area contributed by atoms with Gasteiger partial charge < -0.3 is 4.52 Å². The number of rotatable bonds is 2. The van der Waals surface area contributed by atoms with Gasteiger partial charge in [0.1, 0.15) is 12.0 Å². The number of hydrogen-bond donors (Lipinski definition) is 0. The van der Waals surface area contributed by atoms with Gasteiger partial charge in [0.05, 0.1) is 0 Å². The summed E-state index contributed by atoms with van der Waals surface area (Å²) in [6.07, 6.45) is 5.06. The Morgan fingerprint density at radius 2 is 2.11 bits per heavy atom. The van der Waals surface area contributed by atoms with Crippen molar-refractivity contribution in [1.82, 2.24) is 24.9 Å². The largest absolute Gasteiger partial charge is 0.352 e. The average molecular weight is 257 g/mol. The Labute approximate surface area is 111 Å². The second-order valence-electron chi connectivity index (χ2n) is 3.56. The van der Waals surface area contributed by atoms with Crippen molar-refractivity contribution in [2.45, 2.75) is 13.8 Å². The summed E-state index contributed by atoms with van der Waals surface area (Å²) < 4.78 is 6.82. The first-order valence-electron chi connectivity index (χ1n) is 6.06. The van der Waals surface area contributed by atoms with Crippen molar-refractivity contribution in [3.63, 3.8) is 0 Å². The van der Waals surface area contributed by atoms with Crippen LogP contribution < -0.4 is 0 Å². The highest BCUT2D eigenvalue weighted by atomic mass is 16.5. The van der Waals surface area contributed by atoms with Gasteiger partial charge >= 0.3 is 0 Å². The van der Waals surface area contributed by atoms with E-state index in [2.05, 4.69) is 20.2 Å². The van der Waals surface area contributed by atoms with E-state index in [1.54, 1.807) is 36.5 Å². The van der Waals surface area contributed by atoms with Crippen LogP contribution in [0.25, 0.3) is 22.8 Å². The Morgan fingerprint density at radius 3 is 2.74 bits per heavy atom. The van der Waals surface area contributed by atoms with Crippen molar-refractivity contribution < 1.29 is 4.52 Å². The monoisotopic (exact) mass is 257 g/mol. The van der Waals surface area contributed by atoms with E-state index in [0.717, 1.165) is 11.3 Å². The molecule has 0 radical (unpaired) electrons. The predicted octanol–water partition coefficient (Wildman–Crippen LogP) is 2.56. The molecule has 19 heavy (non-hydrogen) atoms. The minimum Gasteiger partial charge on any atom is -0.352 e. The van der Waals surface area contributed by atoms with Crippen molar-refractivity contribution in [2.75, 3.05) is 0 Å². The van der Waals surface area contributed by atoms with Gasteiger partial charge in [-0.05, 0) is 12.1 Å². The maximum atomic E-state index is 5.20. The smallest absolute Gasteiger partial charge is 0.219 e. The molecule has 0 N–H and O–H groups in total. The fraction of sp³-hybridized carbons (Fsp3) is 0.231. The molecule has 0 aliphatic heterocycles. The van der Waals surface area contributed by atoms with Crippen LogP contribution in [-0.4, -0.2) is 24.9 Å². The number of aryl methyl sites for hydroxylation is 1. The zero-order chi connectivity index (χ0) is 13.7. The minimum atomic E-state index is 0.523. The summed E-state index contributed by atoms with van der Waals surface area (Å²) >= 11 is 0. The van der Waals surface area contributed by atoms with Gasteiger partial charge in [-0.15, -0.1) is 5.10 Å². The molecule has 0 aromatic carbocycles. The highest BCUT2D eigenvalue weighted by Gasteiger charge is 2.11. The zero-order valence-electron chi connectivity index (χ0n) is 11.1. The molecule has 0 amide bonds. The van der Waals surface area contributed by atoms with Gasteiger partial charge in [0, 0.05) is 31.1 Å². The van der Waals surface area contributed by atoms with Crippen LogP contribution in [0.5, 0.6) is 0 Å². The lowest BCUT2D eigenvalue weighted by Gasteiger charge is -1.90. The second-order valence-corrected chi connectivity index (χ2v) is 3.56. The van der Waals surface area contributed by atoms with Gasteiger partial charge in [0.25, 0.3) is 0 Å². The van der Waals surface area contributed by atoms with E-state index in [1.165, 1.54) is 0 Å². The quantitative estimate of drug-likeness (QED) is 0.705. The molecule has 0 aliphatic carbocycles. The van der Waals surface area contributed by atoms with Gasteiger partial charge in [-0.3, -0.25) is 9.67 Å². The van der Waals surface area contributed by atoms with Crippen LogP contribution in [0.1, 0.15) is 13.8 Å². The van der Waals surface area contributed by atoms with Gasteiger partial charge in [-0.1, -0.05) is 19.0 Å². The van der Waals surface area contributed by atoms with E-state index in [9.17, 15) is 0 Å². The molecule has 0 spiro atoms. The van der Waals surface area contributed by atoms with E-state index in [4.69, 9.17) is 4.52 Å². The molecule has 6 heteroatoms. The molecule has 3 heterocycles. The third-order valence-electron chi connectivity index (χ3n) is 2.29. The SMILES string of the molecule is CC.Cn1cnc(-c2cc(-c3cccnc3)no2)n1. The first kappa shape index (κ1) is 12.9. The third kappa shape index (κ3) is 2.85. The fourth-order valence-electron chi connectivity index (χ4n) is 1.48. The molecule has 0 saturated heterocycles. The molecular formula is C13H15N5O. The van der Waals surface area contributed by atoms with Gasteiger partial charge in [-0.25, -0.2) is 4.98 Å². The Kier molecular flexibility index (Phi) is 4.02. The highest BCUT2D eigenvalue weighted by molar-refractivity contribution is 5.62. The van der Waals surface area contributed by atoms with Crippen LogP contribution in [0.15, 0.2) is 41.4 Å². The Morgan fingerprint density at radius 1 is 1.26 bits per heavy atom.